The van der Waals surface area contributed by atoms with Crippen molar-refractivity contribution in [3.63, 3.8) is 0 Å². The lowest BCUT2D eigenvalue weighted by atomic mass is 10.2. The summed E-state index contributed by atoms with van der Waals surface area (Å²) < 4.78 is 13.6. The van der Waals surface area contributed by atoms with Crippen molar-refractivity contribution in [2.45, 2.75) is 13.1 Å². The maximum Gasteiger partial charge on any atom is 0.270 e. The molecule has 2 amide bonds. The molecule has 0 spiro atoms. The Kier molecular flexibility index (Phi) is 5.84. The summed E-state index contributed by atoms with van der Waals surface area (Å²) >= 11 is 0. The standard InChI is InChI=1S/C20H17FN4O2/c21-17-7-2-1-5-15(17)12-24-19(26)14-8-10-23-18(11-14)20(27)25-13-16-6-3-4-9-22-16/h1-11H,12-13H2,(H,24,26)(H,25,27). The Morgan fingerprint density at radius 3 is 2.41 bits per heavy atom. The molecule has 0 aliphatic rings. The average Bonchev–Trinajstić information content (AvgIpc) is 2.72. The Bertz CT molecular complexity index is 947. The maximum atomic E-state index is 13.6. The first-order valence-electron chi connectivity index (χ1n) is 8.29. The highest BCUT2D eigenvalue weighted by Gasteiger charge is 2.12. The molecule has 3 rings (SSSR count). The van der Waals surface area contributed by atoms with Gasteiger partial charge in [0.05, 0.1) is 12.2 Å². The molecular formula is C20H17FN4O2. The summed E-state index contributed by atoms with van der Waals surface area (Å²) in [5.74, 6) is -1.22. The van der Waals surface area contributed by atoms with Crippen LogP contribution in [0.5, 0.6) is 0 Å². The SMILES string of the molecule is O=C(NCc1ccccc1F)c1ccnc(C(=O)NCc2ccccn2)c1. The van der Waals surface area contributed by atoms with Crippen molar-refractivity contribution in [1.82, 2.24) is 20.6 Å². The van der Waals surface area contributed by atoms with Crippen LogP contribution in [-0.2, 0) is 13.1 Å². The van der Waals surface area contributed by atoms with Crippen LogP contribution in [0, 0.1) is 5.82 Å². The molecule has 0 aliphatic carbocycles. The number of rotatable bonds is 6. The molecule has 0 atom stereocenters. The second-order valence-electron chi connectivity index (χ2n) is 5.71. The van der Waals surface area contributed by atoms with E-state index in [1.807, 2.05) is 6.07 Å². The fourth-order valence-electron chi connectivity index (χ4n) is 2.38. The molecule has 0 unspecified atom stereocenters. The zero-order valence-electron chi connectivity index (χ0n) is 14.4. The first kappa shape index (κ1) is 18.2. The molecule has 2 heterocycles. The van der Waals surface area contributed by atoms with Crippen molar-refractivity contribution in [2.24, 2.45) is 0 Å². The van der Waals surface area contributed by atoms with Crippen molar-refractivity contribution in [3.05, 3.63) is 95.3 Å². The van der Waals surface area contributed by atoms with Crippen molar-refractivity contribution >= 4 is 11.8 Å². The molecule has 0 saturated heterocycles. The van der Waals surface area contributed by atoms with Gasteiger partial charge in [0.15, 0.2) is 0 Å². The van der Waals surface area contributed by atoms with Crippen LogP contribution in [0.2, 0.25) is 0 Å². The molecule has 0 saturated carbocycles. The van der Waals surface area contributed by atoms with E-state index in [4.69, 9.17) is 0 Å². The lowest BCUT2D eigenvalue weighted by Crippen LogP contribution is -2.26. The number of hydrogen-bond donors (Lipinski definition) is 2. The van der Waals surface area contributed by atoms with Crippen LogP contribution >= 0.6 is 0 Å². The van der Waals surface area contributed by atoms with Gasteiger partial charge in [-0.1, -0.05) is 24.3 Å². The van der Waals surface area contributed by atoms with Gasteiger partial charge in [-0.25, -0.2) is 4.39 Å². The summed E-state index contributed by atoms with van der Waals surface area (Å²) in [4.78, 5) is 32.6. The Morgan fingerprint density at radius 1 is 0.852 bits per heavy atom. The van der Waals surface area contributed by atoms with Crippen molar-refractivity contribution in [3.8, 4) is 0 Å². The lowest BCUT2D eigenvalue weighted by Gasteiger charge is -2.08. The van der Waals surface area contributed by atoms with Gasteiger partial charge in [0.2, 0.25) is 0 Å². The predicted octanol–water partition coefficient (Wildman–Crippen LogP) is 2.48. The highest BCUT2D eigenvalue weighted by Crippen LogP contribution is 2.07. The minimum atomic E-state index is -0.417. The number of aromatic nitrogens is 2. The summed E-state index contributed by atoms with van der Waals surface area (Å²) in [5.41, 5.74) is 1.48. The Hall–Kier alpha value is -3.61. The van der Waals surface area contributed by atoms with Gasteiger partial charge in [-0.15, -0.1) is 0 Å². The Morgan fingerprint density at radius 2 is 1.63 bits per heavy atom. The zero-order valence-corrected chi connectivity index (χ0v) is 14.4. The Labute approximate surface area is 155 Å². The van der Waals surface area contributed by atoms with Gasteiger partial charge in [0, 0.05) is 30.1 Å². The summed E-state index contributed by atoms with van der Waals surface area (Å²) in [5, 5.41) is 5.33. The highest BCUT2D eigenvalue weighted by molar-refractivity contribution is 5.98. The average molecular weight is 364 g/mol. The van der Waals surface area contributed by atoms with Crippen LogP contribution in [0.1, 0.15) is 32.1 Å². The molecule has 7 heteroatoms. The van der Waals surface area contributed by atoms with Gasteiger partial charge in [-0.3, -0.25) is 19.6 Å². The molecule has 1 aromatic carbocycles. The van der Waals surface area contributed by atoms with Gasteiger partial charge < -0.3 is 10.6 Å². The van der Waals surface area contributed by atoms with Crippen LogP contribution in [0.3, 0.4) is 0 Å². The molecule has 27 heavy (non-hydrogen) atoms. The third-order valence-electron chi connectivity index (χ3n) is 3.81. The number of hydrogen-bond acceptors (Lipinski definition) is 4. The van der Waals surface area contributed by atoms with Crippen molar-refractivity contribution in [1.29, 1.82) is 0 Å². The van der Waals surface area contributed by atoms with E-state index >= 15 is 0 Å². The van der Waals surface area contributed by atoms with E-state index in [1.54, 1.807) is 36.5 Å². The first-order chi connectivity index (χ1) is 13.1. The number of nitrogens with one attached hydrogen (secondary N) is 2. The second kappa shape index (κ2) is 8.66. The quantitative estimate of drug-likeness (QED) is 0.704. The van der Waals surface area contributed by atoms with Crippen LogP contribution in [0.25, 0.3) is 0 Å². The minimum absolute atomic E-state index is 0.0506. The fraction of sp³-hybridized carbons (Fsp3) is 0.100. The largest absolute Gasteiger partial charge is 0.348 e. The highest BCUT2D eigenvalue weighted by atomic mass is 19.1. The van der Waals surface area contributed by atoms with E-state index in [2.05, 4.69) is 20.6 Å². The second-order valence-corrected chi connectivity index (χ2v) is 5.71. The van der Waals surface area contributed by atoms with Gasteiger partial charge in [0.1, 0.15) is 11.5 Å². The van der Waals surface area contributed by atoms with E-state index in [-0.39, 0.29) is 30.2 Å². The van der Waals surface area contributed by atoms with Crippen LogP contribution < -0.4 is 10.6 Å². The monoisotopic (exact) mass is 364 g/mol. The minimum Gasteiger partial charge on any atom is -0.348 e. The zero-order chi connectivity index (χ0) is 19.1. The van der Waals surface area contributed by atoms with E-state index in [0.717, 1.165) is 0 Å². The number of benzene rings is 1. The summed E-state index contributed by atoms with van der Waals surface area (Å²) in [6.07, 6.45) is 3.02. The Balaban J connectivity index is 1.61. The molecule has 3 aromatic rings. The van der Waals surface area contributed by atoms with Crippen molar-refractivity contribution in [2.75, 3.05) is 0 Å². The molecule has 136 valence electrons. The summed E-state index contributed by atoms with van der Waals surface area (Å²) in [6, 6.07) is 14.5. The van der Waals surface area contributed by atoms with Crippen LogP contribution in [-0.4, -0.2) is 21.8 Å². The molecule has 2 aromatic heterocycles. The molecule has 6 nitrogen and oxygen atoms in total. The summed E-state index contributed by atoms with van der Waals surface area (Å²) in [6.45, 7) is 0.306. The predicted molar refractivity (Wildman–Crippen MR) is 97.2 cm³/mol. The number of carbonyl (C=O) groups excluding carboxylic acids is 2. The summed E-state index contributed by atoms with van der Waals surface area (Å²) in [7, 11) is 0. The third kappa shape index (κ3) is 4.94. The van der Waals surface area contributed by atoms with Gasteiger partial charge in [0.25, 0.3) is 11.8 Å². The molecular weight excluding hydrogens is 347 g/mol. The molecule has 2 N–H and O–H groups in total. The molecule has 0 fully saturated rings. The molecule has 0 bridgehead atoms. The van der Waals surface area contributed by atoms with E-state index < -0.39 is 11.8 Å². The number of amides is 2. The molecule has 0 aliphatic heterocycles. The molecule has 0 radical (unpaired) electrons. The lowest BCUT2D eigenvalue weighted by molar-refractivity contribution is 0.0945. The fourth-order valence-corrected chi connectivity index (χ4v) is 2.38. The number of pyridine rings is 2. The van der Waals surface area contributed by atoms with Gasteiger partial charge >= 0.3 is 0 Å². The maximum absolute atomic E-state index is 13.6. The number of halogens is 1. The topological polar surface area (TPSA) is 84.0 Å². The number of nitrogens with zero attached hydrogens (tertiary/aromatic N) is 2. The third-order valence-corrected chi connectivity index (χ3v) is 3.81. The van der Waals surface area contributed by atoms with E-state index in [0.29, 0.717) is 11.3 Å². The van der Waals surface area contributed by atoms with Crippen LogP contribution in [0.15, 0.2) is 67.0 Å². The smallest absolute Gasteiger partial charge is 0.270 e. The van der Waals surface area contributed by atoms with E-state index in [1.165, 1.54) is 24.4 Å². The van der Waals surface area contributed by atoms with Crippen LogP contribution in [0.4, 0.5) is 4.39 Å². The van der Waals surface area contributed by atoms with E-state index in [9.17, 15) is 14.0 Å². The first-order valence-corrected chi connectivity index (χ1v) is 8.29. The van der Waals surface area contributed by atoms with Gasteiger partial charge in [-0.05, 0) is 30.3 Å². The normalized spacial score (nSPS) is 10.3. The van der Waals surface area contributed by atoms with Crippen molar-refractivity contribution < 1.29 is 14.0 Å². The van der Waals surface area contributed by atoms with Gasteiger partial charge in [-0.2, -0.15) is 0 Å². The number of carbonyl (C=O) groups is 2.